The molecule has 4 heteroatoms. The van der Waals surface area contributed by atoms with Crippen molar-refractivity contribution in [1.29, 1.82) is 0 Å². The zero-order chi connectivity index (χ0) is 13.0. The summed E-state index contributed by atoms with van der Waals surface area (Å²) in [5, 5.41) is 0. The van der Waals surface area contributed by atoms with Gasteiger partial charge in [-0.05, 0) is 38.5 Å². The second-order valence-corrected chi connectivity index (χ2v) is 4.87. The fourth-order valence-electron chi connectivity index (χ4n) is 2.46. The molecule has 0 N–H and O–H groups in total. The van der Waals surface area contributed by atoms with Crippen molar-refractivity contribution in [2.45, 2.75) is 45.1 Å². The van der Waals surface area contributed by atoms with E-state index in [1.807, 2.05) is 0 Å². The first-order chi connectivity index (χ1) is 8.76. The molecule has 1 atom stereocenters. The van der Waals surface area contributed by atoms with E-state index < -0.39 is 0 Å². The Balaban J connectivity index is 2.11. The fraction of sp³-hybridized carbons (Fsp3) is 0.714. The highest BCUT2D eigenvalue weighted by atomic mass is 16.5. The molecule has 100 valence electrons. The summed E-state index contributed by atoms with van der Waals surface area (Å²) in [5.74, 6) is 0.316. The molecule has 0 radical (unpaired) electrons. The Hall–Kier alpha value is -1.16. The van der Waals surface area contributed by atoms with Crippen LogP contribution in [0.2, 0.25) is 0 Å². The predicted molar refractivity (Wildman–Crippen MR) is 66.0 cm³/mol. The van der Waals surface area contributed by atoms with E-state index in [9.17, 15) is 9.59 Å². The van der Waals surface area contributed by atoms with E-state index in [-0.39, 0.29) is 18.5 Å². The minimum atomic E-state index is -0.337. The third kappa shape index (κ3) is 3.19. The summed E-state index contributed by atoms with van der Waals surface area (Å²) in [6.07, 6.45) is 5.15. The summed E-state index contributed by atoms with van der Waals surface area (Å²) in [6.45, 7) is 2.77. The molecule has 0 spiro atoms. The third-order valence-corrected chi connectivity index (χ3v) is 3.57. The van der Waals surface area contributed by atoms with Gasteiger partial charge in [-0.25, -0.2) is 4.79 Å². The minimum Gasteiger partial charge on any atom is -0.463 e. The Kier molecular flexibility index (Phi) is 4.53. The molecule has 0 amide bonds. The number of carbonyl (C=O) groups excluding carboxylic acids is 2. The lowest BCUT2D eigenvalue weighted by Crippen LogP contribution is -2.25. The molecule has 2 aliphatic rings. The Morgan fingerprint density at radius 3 is 2.89 bits per heavy atom. The topological polar surface area (TPSA) is 52.6 Å². The van der Waals surface area contributed by atoms with E-state index in [1.165, 1.54) is 12.8 Å². The van der Waals surface area contributed by atoms with E-state index in [4.69, 9.17) is 9.47 Å². The van der Waals surface area contributed by atoms with E-state index in [1.54, 1.807) is 6.92 Å². The highest BCUT2D eigenvalue weighted by Gasteiger charge is 2.35. The molecule has 1 unspecified atom stereocenters. The van der Waals surface area contributed by atoms with Gasteiger partial charge < -0.3 is 14.3 Å². The minimum absolute atomic E-state index is 0.158. The first kappa shape index (κ1) is 13.3. The van der Waals surface area contributed by atoms with E-state index in [0.29, 0.717) is 24.7 Å². The van der Waals surface area contributed by atoms with Gasteiger partial charge in [-0.1, -0.05) is 5.57 Å². The van der Waals surface area contributed by atoms with Crippen LogP contribution in [0.4, 0.5) is 0 Å². The van der Waals surface area contributed by atoms with E-state index >= 15 is 0 Å². The second-order valence-electron chi connectivity index (χ2n) is 4.87. The van der Waals surface area contributed by atoms with Gasteiger partial charge in [-0.3, -0.25) is 0 Å². The average molecular weight is 252 g/mol. The zero-order valence-electron chi connectivity index (χ0n) is 10.8. The van der Waals surface area contributed by atoms with Crippen LogP contribution in [0.15, 0.2) is 11.1 Å². The van der Waals surface area contributed by atoms with Crippen LogP contribution in [-0.2, 0) is 19.1 Å². The van der Waals surface area contributed by atoms with Crippen molar-refractivity contribution in [2.24, 2.45) is 5.92 Å². The lowest BCUT2D eigenvalue weighted by atomic mass is 9.93. The second kappa shape index (κ2) is 6.14. The van der Waals surface area contributed by atoms with Crippen molar-refractivity contribution in [2.75, 3.05) is 13.2 Å². The van der Waals surface area contributed by atoms with Gasteiger partial charge >= 0.3 is 5.97 Å². The molecule has 1 saturated carbocycles. The monoisotopic (exact) mass is 252 g/mol. The summed E-state index contributed by atoms with van der Waals surface area (Å²) >= 11 is 0. The van der Waals surface area contributed by atoms with Crippen LogP contribution in [0, 0.1) is 5.92 Å². The molecule has 18 heavy (non-hydrogen) atoms. The van der Waals surface area contributed by atoms with Gasteiger partial charge in [0.1, 0.15) is 6.29 Å². The van der Waals surface area contributed by atoms with Crippen LogP contribution in [0.3, 0.4) is 0 Å². The number of hydrogen-bond acceptors (Lipinski definition) is 4. The standard InChI is InChI=1S/C14H20O4/c1-2-17-14(16)12(5-7-15)11-6-8-18-13(9-11)10-3-4-10/h7,10,13H,2-6,8-9H2,1H3/b12-11-. The Morgan fingerprint density at radius 2 is 2.28 bits per heavy atom. The van der Waals surface area contributed by atoms with Gasteiger partial charge in [-0.15, -0.1) is 0 Å². The Bertz CT molecular complexity index is 355. The summed E-state index contributed by atoms with van der Waals surface area (Å²) in [5.41, 5.74) is 1.62. The van der Waals surface area contributed by atoms with E-state index in [0.717, 1.165) is 24.7 Å². The molecule has 2 fully saturated rings. The number of hydrogen-bond donors (Lipinski definition) is 0. The fourth-order valence-corrected chi connectivity index (χ4v) is 2.46. The maximum Gasteiger partial charge on any atom is 0.334 e. The maximum absolute atomic E-state index is 11.8. The smallest absolute Gasteiger partial charge is 0.334 e. The van der Waals surface area contributed by atoms with Crippen LogP contribution in [0.1, 0.15) is 39.0 Å². The van der Waals surface area contributed by atoms with Crippen molar-refractivity contribution in [3.05, 3.63) is 11.1 Å². The van der Waals surface area contributed by atoms with Crippen LogP contribution < -0.4 is 0 Å². The first-order valence-corrected chi connectivity index (χ1v) is 6.69. The SMILES string of the molecule is CCOC(=O)/C(CC=O)=C1/CCOC(C2CC2)C1. The maximum atomic E-state index is 11.8. The molecule has 2 rings (SSSR count). The lowest BCUT2D eigenvalue weighted by molar-refractivity contribution is -0.139. The number of rotatable bonds is 5. The van der Waals surface area contributed by atoms with Crippen molar-refractivity contribution in [3.8, 4) is 0 Å². The highest BCUT2D eigenvalue weighted by Crippen LogP contribution is 2.40. The molecule has 4 nitrogen and oxygen atoms in total. The third-order valence-electron chi connectivity index (χ3n) is 3.57. The molecule has 1 heterocycles. The van der Waals surface area contributed by atoms with Gasteiger partial charge in [0, 0.05) is 12.0 Å². The largest absolute Gasteiger partial charge is 0.463 e. The molecule has 0 bridgehead atoms. The van der Waals surface area contributed by atoms with Gasteiger partial charge in [0.25, 0.3) is 0 Å². The summed E-state index contributed by atoms with van der Waals surface area (Å²) in [4.78, 5) is 22.6. The summed E-state index contributed by atoms with van der Waals surface area (Å²) < 4.78 is 10.8. The molecule has 0 aromatic heterocycles. The van der Waals surface area contributed by atoms with E-state index in [2.05, 4.69) is 0 Å². The number of carbonyl (C=O) groups is 2. The first-order valence-electron chi connectivity index (χ1n) is 6.69. The van der Waals surface area contributed by atoms with Crippen molar-refractivity contribution >= 4 is 12.3 Å². The quantitative estimate of drug-likeness (QED) is 0.427. The molecule has 0 aromatic rings. The molecule has 1 aliphatic heterocycles. The highest BCUT2D eigenvalue weighted by molar-refractivity contribution is 5.92. The van der Waals surface area contributed by atoms with Crippen molar-refractivity contribution in [3.63, 3.8) is 0 Å². The van der Waals surface area contributed by atoms with Crippen molar-refractivity contribution in [1.82, 2.24) is 0 Å². The molecule has 1 aliphatic carbocycles. The Morgan fingerprint density at radius 1 is 1.50 bits per heavy atom. The molecule has 0 aromatic carbocycles. The van der Waals surface area contributed by atoms with Crippen molar-refractivity contribution < 1.29 is 19.1 Å². The molecular formula is C14H20O4. The van der Waals surface area contributed by atoms with Crippen LogP contribution in [0.25, 0.3) is 0 Å². The number of ether oxygens (including phenoxy) is 2. The van der Waals surface area contributed by atoms with Crippen LogP contribution in [0.5, 0.6) is 0 Å². The predicted octanol–water partition coefficient (Wildman–Crippen LogP) is 2.02. The Labute approximate surface area is 107 Å². The number of esters is 1. The average Bonchev–Trinajstić information content (AvgIpc) is 3.20. The zero-order valence-corrected chi connectivity index (χ0v) is 10.8. The van der Waals surface area contributed by atoms with Gasteiger partial charge in [0.15, 0.2) is 0 Å². The van der Waals surface area contributed by atoms with Gasteiger partial charge in [-0.2, -0.15) is 0 Å². The van der Waals surface area contributed by atoms with Crippen LogP contribution >= 0.6 is 0 Å². The molecular weight excluding hydrogens is 232 g/mol. The normalized spacial score (nSPS) is 26.6. The van der Waals surface area contributed by atoms with Crippen LogP contribution in [-0.4, -0.2) is 31.6 Å². The summed E-state index contributed by atoms with van der Waals surface area (Å²) in [6, 6.07) is 0. The number of aldehydes is 1. The molecule has 1 saturated heterocycles. The lowest BCUT2D eigenvalue weighted by Gasteiger charge is -2.26. The van der Waals surface area contributed by atoms with Gasteiger partial charge in [0.05, 0.1) is 19.3 Å². The summed E-state index contributed by atoms with van der Waals surface area (Å²) in [7, 11) is 0. The van der Waals surface area contributed by atoms with Gasteiger partial charge in [0.2, 0.25) is 0 Å².